The number of pyridine rings is 4. The minimum atomic E-state index is -0.395. The largest absolute Gasteiger partial charge is 0.512 e. The summed E-state index contributed by atoms with van der Waals surface area (Å²) >= 11 is 0. The van der Waals surface area contributed by atoms with E-state index in [1.807, 2.05) is 124 Å². The molecule has 0 aliphatic heterocycles. The van der Waals surface area contributed by atoms with Crippen molar-refractivity contribution in [2.45, 2.75) is 41.5 Å². The number of rotatable bonds is 9. The zero-order valence-corrected chi connectivity index (χ0v) is 57.4. The molecule has 0 bridgehead atoms. The Bertz CT molecular complexity index is 4800. The fraction of sp³-hybridized carbons (Fsp3) is 0.0779. The van der Waals surface area contributed by atoms with Crippen LogP contribution in [-0.4, -0.2) is 30.8 Å². The zero-order valence-electron chi connectivity index (χ0n) is 62.8. The fourth-order valence-electron chi connectivity index (χ4n) is 8.18. The van der Waals surface area contributed by atoms with E-state index in [-0.39, 0.29) is 181 Å². The standard InChI is InChI=1S/C19H16N.2C18H14N.C17H12N.C5H8O2.4Ir/c1-14-10-15(2)12-18(11-14)19-9-8-17(13-20-19)16-6-4-3-5-7-16;2*1-14-12-18(16-10-6-3-7-11-16)19-13-17(14)15-8-4-2-5-9-15;1-3-7-14(8-4-1)16-11-12-18-17(13-16)15-9-5-2-6-10-15;1-4(6)3-5(2)7;;;;/h3-11,13H,1-2H3;2*2-10,12-13H,1H3;1-9,11-13H;3,6H,1-2H3;;;;/q4*-1;;;;;/i3D,4D,5D,6D,7D;2D,4D,5D,8D,9D;;1D,3D,4D,7D,8D;;;;;. The predicted octanol–water partition coefficient (Wildman–Crippen LogP) is 19.1. The first-order valence-electron chi connectivity index (χ1n) is 33.6. The molecule has 87 heavy (non-hydrogen) atoms. The number of allylic oxidation sites excluding steroid dienone is 2. The summed E-state index contributed by atoms with van der Waals surface area (Å²) in [5.74, 6) is -0.0625. The summed E-state index contributed by atoms with van der Waals surface area (Å²) in [7, 11) is 0. The molecule has 4 heterocycles. The number of ketones is 1. The number of hydrogen-bond donors (Lipinski definition) is 1. The molecule has 0 spiro atoms. The van der Waals surface area contributed by atoms with Crippen LogP contribution in [0.25, 0.3) is 89.5 Å². The molecule has 12 aromatic rings. The Labute approximate surface area is 588 Å². The summed E-state index contributed by atoms with van der Waals surface area (Å²) < 4.78 is 118. The molecule has 0 aliphatic carbocycles. The SMILES string of the molecule is CC(=O)C=C(C)O.Cc1cc(-c2[c-]cccc2)ncc1-c1ccccc1.[2H]c1c([2H])c([2H])c(-c2ccc(-c3[c-]c(C)cc(C)c3)nc2)c([2H])c1[2H].[2H]c1c([2H])c([2H])c(-c2ccnc(-c3[c-]cccc3)c2)c([2H])c1[2H].[2H]c1c([2H])c([2H])c(-c2cnc(-c3[c-]cccc3)cc2C)c([2H])c1[2H].[Ir].[Ir].[Ir].[Ir]. The van der Waals surface area contributed by atoms with Gasteiger partial charge in [0.25, 0.3) is 0 Å². The molecule has 0 saturated carbocycles. The van der Waals surface area contributed by atoms with Gasteiger partial charge in [0, 0.05) is 122 Å². The van der Waals surface area contributed by atoms with Crippen LogP contribution in [0.1, 0.15) is 56.7 Å². The van der Waals surface area contributed by atoms with Gasteiger partial charge in [0.2, 0.25) is 0 Å². The molecule has 0 aliphatic rings. The molecular formula is C77H64Ir4N4O2-4. The minimum Gasteiger partial charge on any atom is -0.512 e. The van der Waals surface area contributed by atoms with Crippen molar-refractivity contribution in [3.63, 3.8) is 0 Å². The van der Waals surface area contributed by atoms with Gasteiger partial charge in [-0.3, -0.25) is 4.79 Å². The van der Waals surface area contributed by atoms with Crippen molar-refractivity contribution >= 4 is 5.78 Å². The van der Waals surface area contributed by atoms with Gasteiger partial charge in [0.15, 0.2) is 5.78 Å². The van der Waals surface area contributed by atoms with Crippen molar-refractivity contribution in [2.75, 3.05) is 0 Å². The Morgan fingerprint density at radius 3 is 1.29 bits per heavy atom. The first kappa shape index (κ1) is 51.2. The van der Waals surface area contributed by atoms with Gasteiger partial charge in [-0.25, -0.2) is 0 Å². The van der Waals surface area contributed by atoms with Crippen molar-refractivity contribution in [3.05, 3.63) is 325 Å². The third kappa shape index (κ3) is 22.4. The maximum Gasteiger partial charge on any atom is 0.155 e. The molecule has 8 aromatic carbocycles. The minimum absolute atomic E-state index is 0. The Balaban J connectivity index is 0.000000276. The van der Waals surface area contributed by atoms with Gasteiger partial charge in [-0.1, -0.05) is 165 Å². The quantitative estimate of drug-likeness (QED) is 0.0880. The van der Waals surface area contributed by atoms with E-state index in [1.165, 1.54) is 42.8 Å². The van der Waals surface area contributed by atoms with E-state index in [9.17, 15) is 4.79 Å². The third-order valence-corrected chi connectivity index (χ3v) is 12.0. The van der Waals surface area contributed by atoms with E-state index < -0.39 is 18.1 Å². The van der Waals surface area contributed by atoms with Crippen LogP contribution in [-0.2, 0) is 85.2 Å². The number of benzene rings is 8. The first-order chi connectivity index (χ1) is 46.7. The van der Waals surface area contributed by atoms with Gasteiger partial charge in [-0.05, 0) is 101 Å². The Hall–Kier alpha value is -7.83. The second kappa shape index (κ2) is 37.7. The summed E-state index contributed by atoms with van der Waals surface area (Å²) in [6, 6.07) is 56.0. The summed E-state index contributed by atoms with van der Waals surface area (Å²) in [6.45, 7) is 10.8. The first-order valence-corrected chi connectivity index (χ1v) is 26.1. The van der Waals surface area contributed by atoms with E-state index in [0.717, 1.165) is 56.0 Å². The van der Waals surface area contributed by atoms with Gasteiger partial charge in [-0.15, -0.1) is 143 Å². The van der Waals surface area contributed by atoms with Gasteiger partial charge in [0.1, 0.15) is 0 Å². The number of carbonyl (C=O) groups excluding carboxylic acids is 1. The Kier molecular flexibility index (Phi) is 22.2. The Morgan fingerprint density at radius 1 is 0.425 bits per heavy atom. The van der Waals surface area contributed by atoms with Crippen LogP contribution in [0.3, 0.4) is 0 Å². The normalized spacial score (nSPS) is 12.4. The molecule has 4 radical (unpaired) electrons. The molecule has 0 amide bonds. The molecule has 1 N–H and O–H groups in total. The van der Waals surface area contributed by atoms with Crippen molar-refractivity contribution < 1.29 is 111 Å². The fourth-order valence-corrected chi connectivity index (χ4v) is 8.18. The van der Waals surface area contributed by atoms with Crippen LogP contribution >= 0.6 is 0 Å². The van der Waals surface area contributed by atoms with Gasteiger partial charge in [-0.2, -0.15) is 0 Å². The molecular weight excluding hydrogens is 1780 g/mol. The Morgan fingerprint density at radius 2 is 0.874 bits per heavy atom. The van der Waals surface area contributed by atoms with Gasteiger partial charge in [0.05, 0.1) is 26.3 Å². The van der Waals surface area contributed by atoms with Crippen molar-refractivity contribution in [3.8, 4) is 89.5 Å². The van der Waals surface area contributed by atoms with E-state index >= 15 is 0 Å². The second-order valence-corrected chi connectivity index (χ2v) is 18.5. The van der Waals surface area contributed by atoms with E-state index in [0.29, 0.717) is 22.4 Å². The average molecular weight is 1860 g/mol. The summed E-state index contributed by atoms with van der Waals surface area (Å²) in [6.07, 6.45) is 7.77. The van der Waals surface area contributed by atoms with Crippen LogP contribution < -0.4 is 0 Å². The molecule has 12 rings (SSSR count). The van der Waals surface area contributed by atoms with Crippen molar-refractivity contribution in [1.29, 1.82) is 0 Å². The monoisotopic (exact) mass is 1860 g/mol. The molecule has 4 aromatic heterocycles. The zero-order chi connectivity index (χ0) is 71.2. The number of aliphatic hydroxyl groups excluding tert-OH is 1. The molecule has 10 heteroatoms. The van der Waals surface area contributed by atoms with Crippen LogP contribution in [0.4, 0.5) is 0 Å². The number of carbonyl (C=O) groups is 1. The van der Waals surface area contributed by atoms with Crippen molar-refractivity contribution in [1.82, 2.24) is 19.9 Å². The maximum absolute atomic E-state index is 10.0. The van der Waals surface area contributed by atoms with Gasteiger partial charge < -0.3 is 25.0 Å². The molecule has 0 saturated heterocycles. The second-order valence-electron chi connectivity index (χ2n) is 18.5. The maximum atomic E-state index is 10.0. The number of aliphatic hydroxyl groups is 1. The van der Waals surface area contributed by atoms with Gasteiger partial charge >= 0.3 is 0 Å². The van der Waals surface area contributed by atoms with Crippen LogP contribution in [0.5, 0.6) is 0 Å². The molecule has 0 fully saturated rings. The third-order valence-electron chi connectivity index (χ3n) is 12.0. The molecule has 0 unspecified atom stereocenters. The number of nitrogens with zero attached hydrogens (tertiary/aromatic N) is 4. The summed E-state index contributed by atoms with van der Waals surface area (Å²) in [4.78, 5) is 27.6. The topological polar surface area (TPSA) is 88.9 Å². The summed E-state index contributed by atoms with van der Waals surface area (Å²) in [5, 5.41) is 8.36. The van der Waals surface area contributed by atoms with Crippen LogP contribution in [0, 0.1) is 52.0 Å². The molecule has 0 atom stereocenters. The van der Waals surface area contributed by atoms with Crippen molar-refractivity contribution in [2.24, 2.45) is 0 Å². The van der Waals surface area contributed by atoms with E-state index in [2.05, 4.69) is 69.3 Å². The number of aryl methyl sites for hydroxylation is 4. The van der Waals surface area contributed by atoms with Crippen LogP contribution in [0.15, 0.2) is 279 Å². The smallest absolute Gasteiger partial charge is 0.155 e. The van der Waals surface area contributed by atoms with E-state index in [4.69, 9.17) is 25.7 Å². The number of aromatic nitrogens is 4. The predicted molar refractivity (Wildman–Crippen MR) is 342 cm³/mol. The number of hydrogen-bond acceptors (Lipinski definition) is 6. The van der Waals surface area contributed by atoms with E-state index in [1.54, 1.807) is 48.8 Å². The average Bonchev–Trinajstić information content (AvgIpc) is 0.788. The molecule has 444 valence electrons. The van der Waals surface area contributed by atoms with Crippen LogP contribution in [0.2, 0.25) is 0 Å². The summed E-state index contributed by atoms with van der Waals surface area (Å²) in [5.41, 5.74) is 15.2. The molecule has 6 nitrogen and oxygen atoms in total.